The summed E-state index contributed by atoms with van der Waals surface area (Å²) >= 11 is 0. The summed E-state index contributed by atoms with van der Waals surface area (Å²) in [6.45, 7) is 6.18. The molecule has 12 heavy (non-hydrogen) atoms. The number of nitrogens with zero attached hydrogens (tertiary/aromatic N) is 1. The molecule has 0 N–H and O–H groups in total. The van der Waals surface area contributed by atoms with E-state index in [9.17, 15) is 0 Å². The number of benzene rings is 1. The molecule has 0 radical (unpaired) electrons. The van der Waals surface area contributed by atoms with E-state index in [2.05, 4.69) is 31.7 Å². The van der Waals surface area contributed by atoms with Gasteiger partial charge >= 0.3 is 6.07 Å². The Morgan fingerprint density at radius 3 is 2.17 bits per heavy atom. The topological polar surface area (TPSA) is 4.36 Å². The highest BCUT2D eigenvalue weighted by molar-refractivity contribution is 5.31. The maximum absolute atomic E-state index is 4.28. The van der Waals surface area contributed by atoms with Gasteiger partial charge in [-0.1, -0.05) is 23.0 Å². The first-order chi connectivity index (χ1) is 5.58. The van der Waals surface area contributed by atoms with Gasteiger partial charge in [0.1, 0.15) is 5.56 Å². The zero-order chi connectivity index (χ0) is 9.03. The Morgan fingerprint density at radius 1 is 1.08 bits per heavy atom. The molecule has 62 valence electrons. The predicted molar refractivity (Wildman–Crippen MR) is 52.5 cm³/mol. The summed E-state index contributed by atoms with van der Waals surface area (Å²) in [5, 5.41) is 0. The van der Waals surface area contributed by atoms with Crippen molar-refractivity contribution in [2.24, 2.45) is 0 Å². The fraction of sp³-hybridized carbons (Fsp3) is 0.364. The second-order valence-corrected chi connectivity index (χ2v) is 3.76. The van der Waals surface area contributed by atoms with E-state index in [-0.39, 0.29) is 5.54 Å². The van der Waals surface area contributed by atoms with E-state index in [0.29, 0.717) is 0 Å². The molecule has 0 bridgehead atoms. The molecule has 0 atom stereocenters. The lowest BCUT2D eigenvalue weighted by Crippen LogP contribution is -2.05. The van der Waals surface area contributed by atoms with Gasteiger partial charge in [-0.05, 0) is 12.1 Å². The molecule has 1 aromatic carbocycles. The third-order valence-corrected chi connectivity index (χ3v) is 1.29. The van der Waals surface area contributed by atoms with E-state index in [1.807, 2.05) is 30.3 Å². The number of hydrogen-bond donors (Lipinski definition) is 0. The van der Waals surface area contributed by atoms with Crippen LogP contribution >= 0.6 is 0 Å². The highest BCUT2D eigenvalue weighted by Gasteiger charge is 2.18. The third kappa shape index (κ3) is 3.21. The monoisotopic (exact) mass is 160 g/mol. The molecule has 0 aliphatic rings. The van der Waals surface area contributed by atoms with Crippen molar-refractivity contribution in [3.8, 4) is 6.07 Å². The fourth-order valence-electron chi connectivity index (χ4n) is 0.745. The quantitative estimate of drug-likeness (QED) is 0.549. The second-order valence-electron chi connectivity index (χ2n) is 3.76. The molecule has 0 aliphatic carbocycles. The molecule has 0 aliphatic heterocycles. The van der Waals surface area contributed by atoms with Crippen LogP contribution in [0.3, 0.4) is 0 Å². The van der Waals surface area contributed by atoms with Crippen LogP contribution in [0.25, 0.3) is 4.85 Å². The molecule has 0 saturated carbocycles. The Kier molecular flexibility index (Phi) is 2.50. The van der Waals surface area contributed by atoms with Gasteiger partial charge in [0.15, 0.2) is 0 Å². The van der Waals surface area contributed by atoms with E-state index < -0.39 is 0 Å². The molecule has 1 heteroatoms. The molecule has 0 spiro atoms. The highest BCUT2D eigenvalue weighted by atomic mass is 14.8. The minimum atomic E-state index is -0.0319. The number of rotatable bonds is 0. The predicted octanol–water partition coefficient (Wildman–Crippen LogP) is 3.17. The van der Waals surface area contributed by atoms with Gasteiger partial charge in [0.2, 0.25) is 0 Å². The van der Waals surface area contributed by atoms with Crippen molar-refractivity contribution < 1.29 is 0 Å². The van der Waals surface area contributed by atoms with Crippen molar-refractivity contribution in [3.63, 3.8) is 0 Å². The maximum Gasteiger partial charge on any atom is 0.311 e. The molecule has 1 rings (SSSR count). The van der Waals surface area contributed by atoms with Gasteiger partial charge in [-0.25, -0.2) is 0 Å². The summed E-state index contributed by atoms with van der Waals surface area (Å²) in [5.41, 5.74) is 1.00. The standard InChI is InChI=1S/C11H14N/c1-11(2,3)12-9-10-7-5-4-6-8-10/h4-8H,1-3H3/q+1. The molecule has 0 amide bonds. The lowest BCUT2D eigenvalue weighted by molar-refractivity contribution is 0.688. The molecule has 1 aromatic rings. The van der Waals surface area contributed by atoms with E-state index in [1.165, 1.54) is 0 Å². The van der Waals surface area contributed by atoms with E-state index in [0.717, 1.165) is 5.56 Å². The Labute approximate surface area is 73.9 Å². The van der Waals surface area contributed by atoms with Crippen LogP contribution in [0, 0.1) is 6.07 Å². The average molecular weight is 160 g/mol. The molecule has 0 unspecified atom stereocenters. The van der Waals surface area contributed by atoms with Gasteiger partial charge in [-0.15, -0.1) is 0 Å². The van der Waals surface area contributed by atoms with Gasteiger partial charge in [-0.2, -0.15) is 0 Å². The van der Waals surface area contributed by atoms with Crippen molar-refractivity contribution >= 4 is 0 Å². The van der Waals surface area contributed by atoms with Crippen LogP contribution in [0.2, 0.25) is 0 Å². The average Bonchev–Trinajstić information content (AvgIpc) is 2.02. The van der Waals surface area contributed by atoms with Gasteiger partial charge in [0.25, 0.3) is 5.54 Å². The van der Waals surface area contributed by atoms with Gasteiger partial charge in [0.05, 0.1) is 0 Å². The Bertz CT molecular complexity index is 295. The van der Waals surface area contributed by atoms with Gasteiger partial charge in [0, 0.05) is 20.8 Å². The molecule has 0 heterocycles. The van der Waals surface area contributed by atoms with Crippen molar-refractivity contribution in [2.45, 2.75) is 26.3 Å². The van der Waals surface area contributed by atoms with Gasteiger partial charge < -0.3 is 0 Å². The normalized spacial score (nSPS) is 10.2. The summed E-state index contributed by atoms with van der Waals surface area (Å²) in [6, 6.07) is 13.0. The molecule has 0 fully saturated rings. The zero-order valence-electron chi connectivity index (χ0n) is 7.83. The highest BCUT2D eigenvalue weighted by Crippen LogP contribution is 2.07. The number of hydrogen-bond acceptors (Lipinski definition) is 0. The first-order valence-electron chi connectivity index (χ1n) is 4.11. The molecular weight excluding hydrogens is 146 g/mol. The fourth-order valence-corrected chi connectivity index (χ4v) is 0.745. The van der Waals surface area contributed by atoms with Crippen LogP contribution in [0.15, 0.2) is 30.3 Å². The minimum Gasteiger partial charge on any atom is -0.0724 e. The van der Waals surface area contributed by atoms with Gasteiger partial charge in [-0.3, -0.25) is 0 Å². The summed E-state index contributed by atoms with van der Waals surface area (Å²) in [7, 11) is 0. The van der Waals surface area contributed by atoms with Crippen LogP contribution in [0.1, 0.15) is 26.3 Å². The molecule has 1 nitrogen and oxygen atoms in total. The Morgan fingerprint density at radius 2 is 1.67 bits per heavy atom. The van der Waals surface area contributed by atoms with E-state index >= 15 is 0 Å². The summed E-state index contributed by atoms with van der Waals surface area (Å²) in [5.74, 6) is 0. The van der Waals surface area contributed by atoms with Crippen LogP contribution in [0.5, 0.6) is 0 Å². The largest absolute Gasteiger partial charge is 0.311 e. The Hall–Kier alpha value is -1.29. The van der Waals surface area contributed by atoms with E-state index in [4.69, 9.17) is 0 Å². The van der Waals surface area contributed by atoms with Crippen LogP contribution in [0.4, 0.5) is 0 Å². The van der Waals surface area contributed by atoms with E-state index in [1.54, 1.807) is 0 Å². The van der Waals surface area contributed by atoms with Crippen molar-refractivity contribution in [1.29, 1.82) is 0 Å². The van der Waals surface area contributed by atoms with Crippen LogP contribution in [-0.2, 0) is 0 Å². The van der Waals surface area contributed by atoms with Crippen LogP contribution in [-0.4, -0.2) is 5.54 Å². The van der Waals surface area contributed by atoms with Crippen LogP contribution < -0.4 is 0 Å². The first kappa shape index (κ1) is 8.80. The van der Waals surface area contributed by atoms with Crippen molar-refractivity contribution in [1.82, 2.24) is 0 Å². The SMILES string of the molecule is CC(C)(C)[N+]#Cc1ccccc1. The maximum atomic E-state index is 4.28. The lowest BCUT2D eigenvalue weighted by atomic mass is 10.1. The zero-order valence-corrected chi connectivity index (χ0v) is 7.83. The van der Waals surface area contributed by atoms with Crippen molar-refractivity contribution in [3.05, 3.63) is 40.7 Å². The summed E-state index contributed by atoms with van der Waals surface area (Å²) in [6.07, 6.45) is 0. The first-order valence-corrected chi connectivity index (χ1v) is 4.11. The summed E-state index contributed by atoms with van der Waals surface area (Å²) < 4.78 is 0. The molecular formula is C11H14N+. The molecule has 0 aromatic heterocycles. The Balaban J connectivity index is 2.81. The minimum absolute atomic E-state index is 0.0319. The van der Waals surface area contributed by atoms with Crippen molar-refractivity contribution in [2.75, 3.05) is 0 Å². The smallest absolute Gasteiger partial charge is 0.0724 e. The summed E-state index contributed by atoms with van der Waals surface area (Å²) in [4.78, 5) is 4.28. The molecule has 0 saturated heterocycles. The third-order valence-electron chi connectivity index (χ3n) is 1.29. The second kappa shape index (κ2) is 3.40. The lowest BCUT2D eigenvalue weighted by Gasteiger charge is -1.91.